The zero-order valence-corrected chi connectivity index (χ0v) is 21.7. The van der Waals surface area contributed by atoms with Crippen LogP contribution in [-0.4, -0.2) is 18.1 Å². The molecule has 1 aliphatic rings. The summed E-state index contributed by atoms with van der Waals surface area (Å²) in [6.07, 6.45) is 2.93. The second-order valence-electron chi connectivity index (χ2n) is 10.9. The monoisotopic (exact) mass is 489 g/mol. The Hall–Kier alpha value is -3.76. The number of allylic oxidation sites excluding steroid dienone is 1. The van der Waals surface area contributed by atoms with Crippen molar-refractivity contribution in [3.8, 4) is 0 Å². The van der Waals surface area contributed by atoms with Crippen LogP contribution >= 0.6 is 0 Å². The van der Waals surface area contributed by atoms with Crippen molar-refractivity contribution in [2.45, 2.75) is 38.1 Å². The molecule has 184 valence electrons. The van der Waals surface area contributed by atoms with Crippen molar-refractivity contribution < 1.29 is 13.7 Å². The van der Waals surface area contributed by atoms with Gasteiger partial charge < -0.3 is 4.74 Å². The van der Waals surface area contributed by atoms with Gasteiger partial charge in [-0.3, -0.25) is 0 Å². The number of halogens is 1. The van der Waals surface area contributed by atoms with Gasteiger partial charge in [0.2, 0.25) is 0 Å². The van der Waals surface area contributed by atoms with E-state index in [-0.39, 0.29) is 11.2 Å². The lowest BCUT2D eigenvalue weighted by Crippen LogP contribution is -2.65. The number of methoxy groups -OCH3 is 1. The number of imidazole rings is 1. The Morgan fingerprint density at radius 2 is 1.68 bits per heavy atom. The summed E-state index contributed by atoms with van der Waals surface area (Å²) >= 11 is 0. The maximum atomic E-state index is 14.9. The third kappa shape index (κ3) is 2.52. The molecule has 6 aromatic rings. The molecule has 4 heteroatoms. The molecule has 7 rings (SSSR count). The zero-order valence-electron chi connectivity index (χ0n) is 21.7. The lowest BCUT2D eigenvalue weighted by molar-refractivity contribution is -0.714. The van der Waals surface area contributed by atoms with Gasteiger partial charge in [0, 0.05) is 29.9 Å². The molecule has 0 aliphatic carbocycles. The highest BCUT2D eigenvalue weighted by atomic mass is 19.1. The summed E-state index contributed by atoms with van der Waals surface area (Å²) in [5.41, 5.74) is 6.07. The predicted octanol–water partition coefficient (Wildman–Crippen LogP) is 7.50. The summed E-state index contributed by atoms with van der Waals surface area (Å²) in [5.74, 6) is -0.221. The van der Waals surface area contributed by atoms with E-state index in [9.17, 15) is 4.39 Å². The number of ether oxygens (including phenoxy) is 1. The second-order valence-corrected chi connectivity index (χ2v) is 10.9. The Morgan fingerprint density at radius 3 is 2.43 bits per heavy atom. The van der Waals surface area contributed by atoms with Crippen molar-refractivity contribution in [1.82, 2.24) is 4.40 Å². The van der Waals surface area contributed by atoms with Crippen LogP contribution in [0.3, 0.4) is 0 Å². The molecule has 2 atom stereocenters. The second kappa shape index (κ2) is 7.39. The van der Waals surface area contributed by atoms with E-state index in [1.807, 2.05) is 6.07 Å². The third-order valence-corrected chi connectivity index (χ3v) is 9.29. The molecule has 0 radical (unpaired) electrons. The van der Waals surface area contributed by atoms with E-state index in [4.69, 9.17) is 4.74 Å². The fraction of sp³-hybridized carbons (Fsp3) is 0.242. The summed E-state index contributed by atoms with van der Waals surface area (Å²) in [4.78, 5) is 0. The Balaban J connectivity index is 1.94. The molecule has 0 N–H and O–H groups in total. The highest BCUT2D eigenvalue weighted by Gasteiger charge is 2.56. The van der Waals surface area contributed by atoms with Crippen molar-refractivity contribution in [3.63, 3.8) is 0 Å². The number of fused-ring (bicyclic) bond motifs is 8. The standard InChI is InChI=1S/C33H30FN2O/c1-6-33(4)32(3,17-18-37-5)30-23-12-8-7-11-22(23)20(2)28-24-19-21(34)15-16-25(24)35-26-13-9-10-14-27(26)36(33)31(35)29(28)30/h6-16,19H,1,17-18H2,2-5H3/q+1. The molecule has 4 aromatic carbocycles. The van der Waals surface area contributed by atoms with Gasteiger partial charge in [-0.05, 0) is 78.6 Å². The molecule has 3 heterocycles. The van der Waals surface area contributed by atoms with Crippen LogP contribution in [0.2, 0.25) is 0 Å². The topological polar surface area (TPSA) is 17.5 Å². The summed E-state index contributed by atoms with van der Waals surface area (Å²) in [5, 5.41) is 5.72. The van der Waals surface area contributed by atoms with Crippen LogP contribution in [-0.2, 0) is 15.7 Å². The van der Waals surface area contributed by atoms with E-state index in [0.29, 0.717) is 6.61 Å². The maximum absolute atomic E-state index is 14.9. The highest BCUT2D eigenvalue weighted by molar-refractivity contribution is 6.21. The Labute approximate surface area is 215 Å². The molecular formula is C33H30FN2O+. The first-order chi connectivity index (χ1) is 17.9. The first-order valence-electron chi connectivity index (χ1n) is 12.9. The molecule has 2 unspecified atom stereocenters. The van der Waals surface area contributed by atoms with Gasteiger partial charge in [0.1, 0.15) is 16.9 Å². The van der Waals surface area contributed by atoms with Crippen LogP contribution in [0.25, 0.3) is 49.1 Å². The molecule has 0 saturated heterocycles. The van der Waals surface area contributed by atoms with E-state index in [2.05, 4.69) is 90.9 Å². The van der Waals surface area contributed by atoms with Gasteiger partial charge in [0.05, 0.1) is 5.39 Å². The van der Waals surface area contributed by atoms with Crippen LogP contribution in [0.4, 0.5) is 4.39 Å². The van der Waals surface area contributed by atoms with Crippen molar-refractivity contribution >= 4 is 49.1 Å². The molecule has 3 nitrogen and oxygen atoms in total. The predicted molar refractivity (Wildman–Crippen MR) is 150 cm³/mol. The maximum Gasteiger partial charge on any atom is 0.296 e. The van der Waals surface area contributed by atoms with Crippen molar-refractivity contribution in [2.24, 2.45) is 0 Å². The minimum absolute atomic E-state index is 0.221. The number of hydrogen-bond acceptors (Lipinski definition) is 1. The summed E-state index contributed by atoms with van der Waals surface area (Å²) in [7, 11) is 1.77. The number of pyridine rings is 1. The average Bonchev–Trinajstić information content (AvgIpc) is 3.27. The summed E-state index contributed by atoms with van der Waals surface area (Å²) in [6, 6.07) is 22.4. The van der Waals surface area contributed by atoms with Crippen LogP contribution in [0.1, 0.15) is 31.4 Å². The smallest absolute Gasteiger partial charge is 0.296 e. The van der Waals surface area contributed by atoms with Gasteiger partial charge in [-0.2, -0.15) is 4.40 Å². The molecule has 0 fully saturated rings. The third-order valence-electron chi connectivity index (χ3n) is 9.29. The van der Waals surface area contributed by atoms with E-state index in [1.54, 1.807) is 19.2 Å². The van der Waals surface area contributed by atoms with Gasteiger partial charge >= 0.3 is 0 Å². The average molecular weight is 490 g/mol. The van der Waals surface area contributed by atoms with Crippen LogP contribution in [0.5, 0.6) is 0 Å². The van der Waals surface area contributed by atoms with E-state index in [0.717, 1.165) is 39.4 Å². The van der Waals surface area contributed by atoms with Crippen molar-refractivity contribution in [1.29, 1.82) is 0 Å². The molecular weight excluding hydrogens is 459 g/mol. The fourth-order valence-electron chi connectivity index (χ4n) is 7.26. The summed E-state index contributed by atoms with van der Waals surface area (Å²) in [6.45, 7) is 11.9. The van der Waals surface area contributed by atoms with E-state index in [1.165, 1.54) is 27.3 Å². The number of benzene rings is 4. The van der Waals surface area contributed by atoms with Crippen LogP contribution < -0.4 is 4.57 Å². The van der Waals surface area contributed by atoms with Gasteiger partial charge in [0.25, 0.3) is 5.65 Å². The number of hydrogen-bond donors (Lipinski definition) is 0. The lowest BCUT2D eigenvalue weighted by atomic mass is 9.61. The number of rotatable bonds is 4. The highest BCUT2D eigenvalue weighted by Crippen LogP contribution is 2.53. The molecule has 0 amide bonds. The van der Waals surface area contributed by atoms with Crippen LogP contribution in [0, 0.1) is 12.7 Å². The quantitative estimate of drug-likeness (QED) is 0.108. The minimum Gasteiger partial charge on any atom is -0.385 e. The number of nitrogens with zero attached hydrogens (tertiary/aromatic N) is 2. The van der Waals surface area contributed by atoms with E-state index < -0.39 is 5.54 Å². The number of para-hydroxylation sites is 2. The Kier molecular flexibility index (Phi) is 4.48. The molecule has 2 aromatic heterocycles. The number of aryl methyl sites for hydroxylation is 1. The SMILES string of the molecule is C=CC1(C)[n+]2c3ccccc3n3c4ccc(F)cc4c4c(C)c5ccccc5c(c4c32)C1(C)CCOC. The van der Waals surface area contributed by atoms with Gasteiger partial charge in [-0.25, -0.2) is 8.96 Å². The van der Waals surface area contributed by atoms with Gasteiger partial charge in [-0.15, -0.1) is 0 Å². The largest absolute Gasteiger partial charge is 0.385 e. The van der Waals surface area contributed by atoms with Gasteiger partial charge in [0.15, 0.2) is 11.0 Å². The Bertz CT molecular complexity index is 1950. The zero-order chi connectivity index (χ0) is 25.7. The van der Waals surface area contributed by atoms with Gasteiger partial charge in [-0.1, -0.05) is 49.9 Å². The molecule has 0 saturated carbocycles. The van der Waals surface area contributed by atoms with E-state index >= 15 is 0 Å². The minimum atomic E-state index is -0.453. The van der Waals surface area contributed by atoms with Crippen molar-refractivity contribution in [3.05, 3.63) is 96.3 Å². The molecule has 37 heavy (non-hydrogen) atoms. The molecule has 0 spiro atoms. The normalized spacial score (nSPS) is 21.2. The van der Waals surface area contributed by atoms with Crippen molar-refractivity contribution in [2.75, 3.05) is 13.7 Å². The summed E-state index contributed by atoms with van der Waals surface area (Å²) < 4.78 is 25.4. The van der Waals surface area contributed by atoms with Crippen LogP contribution in [0.15, 0.2) is 79.4 Å². The Morgan fingerprint density at radius 1 is 0.946 bits per heavy atom. The fourth-order valence-corrected chi connectivity index (χ4v) is 7.26. The molecule has 0 bridgehead atoms. The first-order valence-corrected chi connectivity index (χ1v) is 12.9. The first kappa shape index (κ1) is 22.4. The molecule has 1 aliphatic heterocycles. The lowest BCUT2D eigenvalue weighted by Gasteiger charge is -2.46. The number of aromatic nitrogens is 2.